The van der Waals surface area contributed by atoms with Crippen LogP contribution in [0.4, 0.5) is 4.39 Å². The maximum atomic E-state index is 13.8. The molecule has 3 rings (SSSR count). The van der Waals surface area contributed by atoms with Crippen LogP contribution in [0.1, 0.15) is 23.8 Å². The van der Waals surface area contributed by atoms with Crippen molar-refractivity contribution in [1.82, 2.24) is 15.6 Å². The first-order chi connectivity index (χ1) is 10.6. The second kappa shape index (κ2) is 9.32. The second-order valence-electron chi connectivity index (χ2n) is 5.57. The van der Waals surface area contributed by atoms with Crippen LogP contribution in [0.3, 0.4) is 0 Å². The Morgan fingerprint density at radius 3 is 2.83 bits per heavy atom. The molecule has 1 saturated heterocycles. The fraction of sp³-hybridized carbons (Fsp3) is 0.375. The van der Waals surface area contributed by atoms with Gasteiger partial charge in [-0.1, -0.05) is 19.1 Å². The minimum absolute atomic E-state index is 0. The summed E-state index contributed by atoms with van der Waals surface area (Å²) < 4.78 is 13.8. The number of carbonyl (C=O) groups excluding carboxylic acids is 1. The summed E-state index contributed by atoms with van der Waals surface area (Å²) in [7, 11) is 0. The van der Waals surface area contributed by atoms with Crippen molar-refractivity contribution in [3.63, 3.8) is 0 Å². The highest BCUT2D eigenvalue weighted by Gasteiger charge is 2.24. The van der Waals surface area contributed by atoms with E-state index in [1.54, 1.807) is 23.6 Å². The minimum atomic E-state index is -0.325. The number of piperidine rings is 1. The van der Waals surface area contributed by atoms with E-state index in [4.69, 9.17) is 0 Å². The Labute approximate surface area is 157 Å². The largest absolute Gasteiger partial charge is 0.346 e. The number of amides is 1. The van der Waals surface area contributed by atoms with Crippen LogP contribution in [0.5, 0.6) is 0 Å². The highest BCUT2D eigenvalue weighted by atomic mass is 35.5. The average molecular weight is 392 g/mol. The Bertz CT molecular complexity index is 683. The number of hydrogen-bond donors (Lipinski definition) is 2. The van der Waals surface area contributed by atoms with Gasteiger partial charge in [-0.05, 0) is 31.0 Å². The molecule has 0 radical (unpaired) electrons. The lowest BCUT2D eigenvalue weighted by atomic mass is 9.95. The molecule has 0 bridgehead atoms. The van der Waals surface area contributed by atoms with Crippen molar-refractivity contribution in [2.24, 2.45) is 5.92 Å². The zero-order valence-electron chi connectivity index (χ0n) is 13.1. The molecule has 2 N–H and O–H groups in total. The van der Waals surface area contributed by atoms with Crippen molar-refractivity contribution in [2.45, 2.75) is 19.4 Å². The molecular weight excluding hydrogens is 372 g/mol. The first-order valence-electron chi connectivity index (χ1n) is 7.37. The molecule has 4 nitrogen and oxygen atoms in total. The van der Waals surface area contributed by atoms with Gasteiger partial charge in [0, 0.05) is 23.5 Å². The lowest BCUT2D eigenvalue weighted by molar-refractivity contribution is 0.0911. The van der Waals surface area contributed by atoms with Gasteiger partial charge in [-0.3, -0.25) is 4.79 Å². The summed E-state index contributed by atoms with van der Waals surface area (Å²) in [5, 5.41) is 8.50. The summed E-state index contributed by atoms with van der Waals surface area (Å²) in [5.41, 5.74) is 0.778. The number of rotatable bonds is 3. The summed E-state index contributed by atoms with van der Waals surface area (Å²) in [6.45, 7) is 3.90. The Hall–Kier alpha value is -1.21. The Morgan fingerprint density at radius 1 is 1.38 bits per heavy atom. The molecule has 1 aliphatic heterocycles. The van der Waals surface area contributed by atoms with Gasteiger partial charge >= 0.3 is 0 Å². The van der Waals surface area contributed by atoms with E-state index in [0.717, 1.165) is 19.5 Å². The Kier molecular flexibility index (Phi) is 8.09. The zero-order valence-corrected chi connectivity index (χ0v) is 15.6. The SMILES string of the molecule is CC1CCNCC1NC(=O)c1csc(-c2ccccc2F)n1.Cl.Cl. The van der Waals surface area contributed by atoms with E-state index in [1.165, 1.54) is 17.4 Å². The molecular formula is C16H20Cl2FN3OS. The van der Waals surface area contributed by atoms with Gasteiger partial charge in [0.2, 0.25) is 0 Å². The number of benzene rings is 1. The molecule has 24 heavy (non-hydrogen) atoms. The summed E-state index contributed by atoms with van der Waals surface area (Å²) in [6, 6.07) is 6.57. The molecule has 1 fully saturated rings. The fourth-order valence-electron chi connectivity index (χ4n) is 2.56. The van der Waals surface area contributed by atoms with Gasteiger partial charge in [0.05, 0.1) is 0 Å². The molecule has 0 aliphatic carbocycles. The molecule has 1 aromatic carbocycles. The first kappa shape index (κ1) is 20.8. The monoisotopic (exact) mass is 391 g/mol. The number of nitrogens with zero attached hydrogens (tertiary/aromatic N) is 1. The van der Waals surface area contributed by atoms with Crippen LogP contribution < -0.4 is 10.6 Å². The van der Waals surface area contributed by atoms with E-state index < -0.39 is 0 Å². The van der Waals surface area contributed by atoms with Crippen molar-refractivity contribution in [1.29, 1.82) is 0 Å². The molecule has 1 aliphatic rings. The maximum absolute atomic E-state index is 13.8. The molecule has 0 saturated carbocycles. The van der Waals surface area contributed by atoms with Crippen molar-refractivity contribution in [3.05, 3.63) is 41.2 Å². The van der Waals surface area contributed by atoms with Crippen LogP contribution in [0, 0.1) is 11.7 Å². The van der Waals surface area contributed by atoms with Gasteiger partial charge in [0.25, 0.3) is 5.91 Å². The molecule has 8 heteroatoms. The molecule has 0 spiro atoms. The van der Waals surface area contributed by atoms with Crippen molar-refractivity contribution >= 4 is 42.1 Å². The second-order valence-corrected chi connectivity index (χ2v) is 6.43. The van der Waals surface area contributed by atoms with Gasteiger partial charge < -0.3 is 10.6 Å². The summed E-state index contributed by atoms with van der Waals surface area (Å²) in [6.07, 6.45) is 1.04. The first-order valence-corrected chi connectivity index (χ1v) is 8.25. The van der Waals surface area contributed by atoms with Crippen LogP contribution in [0.15, 0.2) is 29.6 Å². The van der Waals surface area contributed by atoms with Gasteiger partial charge in [0.1, 0.15) is 16.5 Å². The van der Waals surface area contributed by atoms with Crippen LogP contribution in [-0.2, 0) is 0 Å². The smallest absolute Gasteiger partial charge is 0.271 e. The maximum Gasteiger partial charge on any atom is 0.271 e. The fourth-order valence-corrected chi connectivity index (χ4v) is 3.39. The lowest BCUT2D eigenvalue weighted by Gasteiger charge is -2.29. The van der Waals surface area contributed by atoms with E-state index in [0.29, 0.717) is 22.2 Å². The zero-order chi connectivity index (χ0) is 15.5. The van der Waals surface area contributed by atoms with Gasteiger partial charge in [0.15, 0.2) is 0 Å². The molecule has 2 unspecified atom stereocenters. The number of nitrogens with one attached hydrogen (secondary N) is 2. The van der Waals surface area contributed by atoms with Crippen LogP contribution in [0.2, 0.25) is 0 Å². The number of aromatic nitrogens is 1. The standard InChI is InChI=1S/C16H18FN3OS.2ClH/c1-10-6-7-18-8-13(10)19-15(21)14-9-22-16(20-14)11-4-2-3-5-12(11)17;;/h2-5,9-10,13,18H,6-8H2,1H3,(H,19,21);2*1H. The molecule has 2 atom stereocenters. The Balaban J connectivity index is 0.00000144. The molecule has 1 amide bonds. The highest BCUT2D eigenvalue weighted by Crippen LogP contribution is 2.26. The Morgan fingerprint density at radius 2 is 2.12 bits per heavy atom. The van der Waals surface area contributed by atoms with Gasteiger partial charge in [-0.2, -0.15) is 0 Å². The van der Waals surface area contributed by atoms with E-state index in [9.17, 15) is 9.18 Å². The topological polar surface area (TPSA) is 54.0 Å². The number of halogens is 3. The number of hydrogen-bond acceptors (Lipinski definition) is 4. The number of thiazole rings is 1. The molecule has 1 aromatic heterocycles. The van der Waals surface area contributed by atoms with Gasteiger partial charge in [-0.25, -0.2) is 9.37 Å². The average Bonchev–Trinajstić information content (AvgIpc) is 3.00. The predicted molar refractivity (Wildman–Crippen MR) is 99.9 cm³/mol. The third-order valence-electron chi connectivity index (χ3n) is 3.99. The molecule has 2 heterocycles. The molecule has 2 aromatic rings. The van der Waals surface area contributed by atoms with Crippen molar-refractivity contribution in [3.8, 4) is 10.6 Å². The van der Waals surface area contributed by atoms with Crippen LogP contribution in [-0.4, -0.2) is 30.0 Å². The third-order valence-corrected chi connectivity index (χ3v) is 4.86. The van der Waals surface area contributed by atoms with Crippen molar-refractivity contribution in [2.75, 3.05) is 13.1 Å². The van der Waals surface area contributed by atoms with E-state index in [2.05, 4.69) is 22.5 Å². The van der Waals surface area contributed by atoms with E-state index >= 15 is 0 Å². The lowest BCUT2D eigenvalue weighted by Crippen LogP contribution is -2.50. The van der Waals surface area contributed by atoms with Crippen LogP contribution in [0.25, 0.3) is 10.6 Å². The third kappa shape index (κ3) is 4.66. The van der Waals surface area contributed by atoms with E-state index in [-0.39, 0.29) is 42.6 Å². The summed E-state index contributed by atoms with van der Waals surface area (Å²) in [5.74, 6) is -0.0804. The van der Waals surface area contributed by atoms with Crippen LogP contribution >= 0.6 is 36.2 Å². The summed E-state index contributed by atoms with van der Waals surface area (Å²) >= 11 is 1.28. The minimum Gasteiger partial charge on any atom is -0.346 e. The molecule has 132 valence electrons. The van der Waals surface area contributed by atoms with Gasteiger partial charge in [-0.15, -0.1) is 36.2 Å². The van der Waals surface area contributed by atoms with E-state index in [1.807, 2.05) is 0 Å². The summed E-state index contributed by atoms with van der Waals surface area (Å²) in [4.78, 5) is 16.6. The number of carbonyl (C=O) groups is 1. The highest BCUT2D eigenvalue weighted by molar-refractivity contribution is 7.13. The normalized spacial score (nSPS) is 19.8. The van der Waals surface area contributed by atoms with Crippen molar-refractivity contribution < 1.29 is 9.18 Å². The quantitative estimate of drug-likeness (QED) is 0.841. The predicted octanol–water partition coefficient (Wildman–Crippen LogP) is 3.52.